The maximum absolute atomic E-state index is 13.0. The fraction of sp³-hybridized carbons (Fsp3) is 0.667. The number of rotatable bonds is 5. The van der Waals surface area contributed by atoms with Gasteiger partial charge in [0.15, 0.2) is 0 Å². The number of nitrogens with zero attached hydrogens (tertiary/aromatic N) is 3. The fourth-order valence-electron chi connectivity index (χ4n) is 4.97. The van der Waals surface area contributed by atoms with Crippen molar-refractivity contribution in [2.24, 2.45) is 11.8 Å². The van der Waals surface area contributed by atoms with Crippen molar-refractivity contribution >= 4 is 12.0 Å². The van der Waals surface area contributed by atoms with Crippen LogP contribution in [0.25, 0.3) is 0 Å². The highest BCUT2D eigenvalue weighted by Crippen LogP contribution is 2.25. The first kappa shape index (κ1) is 22.1. The van der Waals surface area contributed by atoms with Gasteiger partial charge in [-0.2, -0.15) is 0 Å². The largest absolute Gasteiger partial charge is 0.445 e. The number of hydrogen-bond acceptors (Lipinski definition) is 5. The van der Waals surface area contributed by atoms with Crippen LogP contribution >= 0.6 is 0 Å². The molecule has 3 aliphatic rings. The summed E-state index contributed by atoms with van der Waals surface area (Å²) < 4.78 is 5.44. The first-order valence-corrected chi connectivity index (χ1v) is 11.9. The van der Waals surface area contributed by atoms with E-state index in [0.717, 1.165) is 70.5 Å². The summed E-state index contributed by atoms with van der Waals surface area (Å²) in [5, 5.41) is 3.41. The quantitative estimate of drug-likeness (QED) is 0.779. The lowest BCUT2D eigenvalue weighted by Gasteiger charge is -2.38. The number of nitrogens with one attached hydrogen (secondary N) is 1. The SMILES string of the molecule is O=C(OCc1ccccc1)N1CCC(C(=O)N2CCC(CN3CCNCC3)CC2)CC1. The molecule has 0 spiro atoms. The van der Waals surface area contributed by atoms with Crippen LogP contribution in [-0.4, -0.2) is 85.6 Å². The standard InChI is InChI=1S/C24H36N4O3/c29-23(27-12-6-20(7-13-27)18-26-16-10-25-11-17-26)22-8-14-28(15-9-22)24(30)31-19-21-4-2-1-3-5-21/h1-5,20,22,25H,6-19H2. The Morgan fingerprint density at radius 1 is 0.871 bits per heavy atom. The highest BCUT2D eigenvalue weighted by molar-refractivity contribution is 5.79. The lowest BCUT2D eigenvalue weighted by atomic mass is 9.92. The molecule has 2 amide bonds. The lowest BCUT2D eigenvalue weighted by Crippen LogP contribution is -2.49. The topological polar surface area (TPSA) is 65.1 Å². The van der Waals surface area contributed by atoms with E-state index in [1.807, 2.05) is 30.3 Å². The number of carbonyl (C=O) groups excluding carboxylic acids is 2. The van der Waals surface area contributed by atoms with E-state index in [2.05, 4.69) is 15.1 Å². The second kappa shape index (κ2) is 11.0. The van der Waals surface area contributed by atoms with Gasteiger partial charge in [0.2, 0.25) is 5.91 Å². The number of benzene rings is 1. The van der Waals surface area contributed by atoms with Gasteiger partial charge in [0, 0.05) is 64.8 Å². The second-order valence-corrected chi connectivity index (χ2v) is 9.12. The van der Waals surface area contributed by atoms with E-state index >= 15 is 0 Å². The van der Waals surface area contributed by atoms with Crippen LogP contribution in [-0.2, 0) is 16.1 Å². The number of hydrogen-bond donors (Lipinski definition) is 1. The summed E-state index contributed by atoms with van der Waals surface area (Å²) in [6, 6.07) is 9.72. The molecule has 3 fully saturated rings. The molecular weight excluding hydrogens is 392 g/mol. The Kier molecular flexibility index (Phi) is 7.81. The van der Waals surface area contributed by atoms with Crippen LogP contribution in [0.15, 0.2) is 30.3 Å². The van der Waals surface area contributed by atoms with Crippen molar-refractivity contribution in [1.29, 1.82) is 0 Å². The van der Waals surface area contributed by atoms with Gasteiger partial charge < -0.3 is 24.8 Å². The number of ether oxygens (including phenoxy) is 1. The number of carbonyl (C=O) groups is 2. The molecule has 1 N–H and O–H groups in total. The minimum atomic E-state index is -0.275. The molecule has 0 bridgehead atoms. The van der Waals surface area contributed by atoms with Crippen LogP contribution in [0.3, 0.4) is 0 Å². The van der Waals surface area contributed by atoms with Gasteiger partial charge in [0.25, 0.3) is 0 Å². The molecule has 0 aromatic heterocycles. The molecule has 7 heteroatoms. The minimum absolute atomic E-state index is 0.0443. The third-order valence-corrected chi connectivity index (χ3v) is 6.96. The van der Waals surface area contributed by atoms with Crippen LogP contribution in [0.4, 0.5) is 4.79 Å². The average molecular weight is 429 g/mol. The van der Waals surface area contributed by atoms with Crippen molar-refractivity contribution < 1.29 is 14.3 Å². The Bertz CT molecular complexity index is 707. The molecular formula is C24H36N4O3. The molecule has 0 atom stereocenters. The highest BCUT2D eigenvalue weighted by atomic mass is 16.6. The van der Waals surface area contributed by atoms with Crippen molar-refractivity contribution in [1.82, 2.24) is 20.0 Å². The summed E-state index contributed by atoms with van der Waals surface area (Å²) in [6.45, 7) is 8.91. The summed E-state index contributed by atoms with van der Waals surface area (Å²) in [5.41, 5.74) is 0.987. The molecule has 0 aliphatic carbocycles. The van der Waals surface area contributed by atoms with E-state index in [-0.39, 0.29) is 17.9 Å². The Balaban J connectivity index is 1.15. The number of piperidine rings is 2. The number of piperazine rings is 1. The smallest absolute Gasteiger partial charge is 0.410 e. The molecule has 0 saturated carbocycles. The third-order valence-electron chi connectivity index (χ3n) is 6.96. The predicted molar refractivity (Wildman–Crippen MR) is 120 cm³/mol. The summed E-state index contributed by atoms with van der Waals surface area (Å²) in [4.78, 5) is 31.7. The van der Waals surface area contributed by atoms with E-state index in [9.17, 15) is 9.59 Å². The maximum atomic E-state index is 13.0. The van der Waals surface area contributed by atoms with E-state index in [1.165, 1.54) is 6.54 Å². The third kappa shape index (κ3) is 6.20. The Labute approximate surface area is 185 Å². The van der Waals surface area contributed by atoms with Crippen LogP contribution in [0, 0.1) is 11.8 Å². The van der Waals surface area contributed by atoms with Crippen LogP contribution < -0.4 is 5.32 Å². The van der Waals surface area contributed by atoms with Crippen molar-refractivity contribution in [3.8, 4) is 0 Å². The Morgan fingerprint density at radius 3 is 2.19 bits per heavy atom. The van der Waals surface area contributed by atoms with Crippen LogP contribution in [0.2, 0.25) is 0 Å². The summed E-state index contributed by atoms with van der Waals surface area (Å²) in [6.07, 6.45) is 3.42. The molecule has 1 aromatic carbocycles. The Morgan fingerprint density at radius 2 is 1.52 bits per heavy atom. The molecule has 4 rings (SSSR count). The number of amides is 2. The van der Waals surface area contributed by atoms with Crippen molar-refractivity contribution in [2.45, 2.75) is 32.3 Å². The van der Waals surface area contributed by atoms with Crippen molar-refractivity contribution in [2.75, 3.05) is 58.9 Å². The first-order valence-electron chi connectivity index (χ1n) is 11.9. The zero-order valence-electron chi connectivity index (χ0n) is 18.5. The molecule has 3 aliphatic heterocycles. The molecule has 31 heavy (non-hydrogen) atoms. The monoisotopic (exact) mass is 428 g/mol. The highest BCUT2D eigenvalue weighted by Gasteiger charge is 2.32. The summed E-state index contributed by atoms with van der Waals surface area (Å²) >= 11 is 0. The molecule has 0 radical (unpaired) electrons. The van der Waals surface area contributed by atoms with Gasteiger partial charge in [-0.15, -0.1) is 0 Å². The molecule has 170 valence electrons. The number of likely N-dealkylation sites (tertiary alicyclic amines) is 2. The maximum Gasteiger partial charge on any atom is 0.410 e. The van der Waals surface area contributed by atoms with Gasteiger partial charge in [-0.25, -0.2) is 4.79 Å². The van der Waals surface area contributed by atoms with Gasteiger partial charge in [-0.3, -0.25) is 4.79 Å². The summed E-state index contributed by atoms with van der Waals surface area (Å²) in [7, 11) is 0. The minimum Gasteiger partial charge on any atom is -0.445 e. The molecule has 0 unspecified atom stereocenters. The van der Waals surface area contributed by atoms with Gasteiger partial charge in [-0.1, -0.05) is 30.3 Å². The fourth-order valence-corrected chi connectivity index (χ4v) is 4.97. The van der Waals surface area contributed by atoms with Crippen LogP contribution in [0.1, 0.15) is 31.2 Å². The molecule has 3 heterocycles. The predicted octanol–water partition coefficient (Wildman–Crippen LogP) is 2.18. The van der Waals surface area contributed by atoms with Crippen LogP contribution in [0.5, 0.6) is 0 Å². The lowest BCUT2D eigenvalue weighted by molar-refractivity contribution is -0.138. The average Bonchev–Trinajstić information content (AvgIpc) is 2.84. The van der Waals surface area contributed by atoms with Crippen molar-refractivity contribution in [3.63, 3.8) is 0 Å². The van der Waals surface area contributed by atoms with Gasteiger partial charge >= 0.3 is 6.09 Å². The van der Waals surface area contributed by atoms with E-state index < -0.39 is 0 Å². The molecule has 1 aromatic rings. The summed E-state index contributed by atoms with van der Waals surface area (Å²) in [5.74, 6) is 1.05. The zero-order valence-corrected chi connectivity index (χ0v) is 18.5. The zero-order chi connectivity index (χ0) is 21.5. The van der Waals surface area contributed by atoms with Crippen molar-refractivity contribution in [3.05, 3.63) is 35.9 Å². The van der Waals surface area contributed by atoms with Gasteiger partial charge in [0.1, 0.15) is 6.61 Å². The van der Waals surface area contributed by atoms with E-state index in [4.69, 9.17) is 4.74 Å². The second-order valence-electron chi connectivity index (χ2n) is 9.12. The van der Waals surface area contributed by atoms with E-state index in [1.54, 1.807) is 4.90 Å². The Hall–Kier alpha value is -2.12. The first-order chi connectivity index (χ1) is 15.2. The van der Waals surface area contributed by atoms with Gasteiger partial charge in [-0.05, 0) is 37.2 Å². The van der Waals surface area contributed by atoms with E-state index in [0.29, 0.717) is 25.6 Å². The molecule has 3 saturated heterocycles. The van der Waals surface area contributed by atoms with Gasteiger partial charge in [0.05, 0.1) is 0 Å². The molecule has 7 nitrogen and oxygen atoms in total. The normalized spacial score (nSPS) is 21.8.